The Kier molecular flexibility index (Phi) is 6.49. The largest absolute Gasteiger partial charge is 0.507 e. The summed E-state index contributed by atoms with van der Waals surface area (Å²) >= 11 is 0. The van der Waals surface area contributed by atoms with Crippen LogP contribution in [0.3, 0.4) is 0 Å². The summed E-state index contributed by atoms with van der Waals surface area (Å²) < 4.78 is 16.1. The molecule has 1 saturated heterocycles. The number of ether oxygens (including phenoxy) is 3. The van der Waals surface area contributed by atoms with E-state index in [9.17, 15) is 14.7 Å². The number of carbonyl (C=O) groups excluding carboxylic acids is 2. The first-order valence-electron chi connectivity index (χ1n) is 10.5. The molecule has 0 saturated carbocycles. The molecule has 3 aromatic rings. The molecule has 2 aromatic carbocycles. The van der Waals surface area contributed by atoms with Crippen molar-refractivity contribution in [2.45, 2.75) is 12.6 Å². The van der Waals surface area contributed by atoms with E-state index in [1.165, 1.54) is 26.2 Å². The summed E-state index contributed by atoms with van der Waals surface area (Å²) in [5.74, 6) is -0.234. The van der Waals surface area contributed by atoms with Crippen molar-refractivity contribution >= 4 is 17.4 Å². The number of hydrogen-bond acceptors (Lipinski definition) is 7. The second-order valence-corrected chi connectivity index (χ2v) is 7.62. The van der Waals surface area contributed by atoms with Gasteiger partial charge in [-0.1, -0.05) is 6.07 Å². The van der Waals surface area contributed by atoms with Crippen LogP contribution in [-0.4, -0.2) is 48.0 Å². The predicted octanol–water partition coefficient (Wildman–Crippen LogP) is 3.73. The fourth-order valence-corrected chi connectivity index (χ4v) is 4.01. The highest BCUT2D eigenvalue weighted by Gasteiger charge is 2.47. The van der Waals surface area contributed by atoms with E-state index in [-0.39, 0.29) is 17.9 Å². The Hall–Kier alpha value is -4.33. The number of hydrogen-bond donors (Lipinski definition) is 1. The van der Waals surface area contributed by atoms with Crippen LogP contribution in [0, 0.1) is 0 Å². The first-order valence-corrected chi connectivity index (χ1v) is 10.5. The average molecular weight is 460 g/mol. The van der Waals surface area contributed by atoms with Crippen molar-refractivity contribution in [2.75, 3.05) is 21.3 Å². The number of aliphatic hydroxyl groups is 1. The summed E-state index contributed by atoms with van der Waals surface area (Å²) in [7, 11) is 4.56. The average Bonchev–Trinajstić information content (AvgIpc) is 3.13. The minimum absolute atomic E-state index is 0.0365. The number of methoxy groups -OCH3 is 3. The number of amides is 1. The van der Waals surface area contributed by atoms with E-state index < -0.39 is 17.7 Å². The third-order valence-corrected chi connectivity index (χ3v) is 5.71. The normalized spacial score (nSPS) is 17.0. The van der Waals surface area contributed by atoms with Crippen LogP contribution in [0.15, 0.2) is 72.6 Å². The topological polar surface area (TPSA) is 98.2 Å². The van der Waals surface area contributed by atoms with E-state index in [4.69, 9.17) is 14.2 Å². The third-order valence-electron chi connectivity index (χ3n) is 5.71. The number of aliphatic hydroxyl groups excluding tert-OH is 1. The van der Waals surface area contributed by atoms with Crippen LogP contribution < -0.4 is 14.2 Å². The number of benzene rings is 2. The molecule has 1 fully saturated rings. The van der Waals surface area contributed by atoms with Gasteiger partial charge in [0.1, 0.15) is 23.0 Å². The van der Waals surface area contributed by atoms with E-state index in [1.54, 1.807) is 60.9 Å². The quantitative estimate of drug-likeness (QED) is 0.326. The molecule has 1 atom stereocenters. The summed E-state index contributed by atoms with van der Waals surface area (Å²) in [6, 6.07) is 14.4. The number of carbonyl (C=O) groups is 2. The molecule has 8 nitrogen and oxygen atoms in total. The smallest absolute Gasteiger partial charge is 0.295 e. The molecule has 0 bridgehead atoms. The molecule has 1 aliphatic rings. The maximum absolute atomic E-state index is 13.3. The number of likely N-dealkylation sites (tertiary alicyclic amines) is 1. The zero-order valence-corrected chi connectivity index (χ0v) is 19.0. The lowest BCUT2D eigenvalue weighted by Crippen LogP contribution is -2.29. The van der Waals surface area contributed by atoms with Gasteiger partial charge in [0.15, 0.2) is 0 Å². The number of aromatic nitrogens is 1. The van der Waals surface area contributed by atoms with Gasteiger partial charge in [-0.2, -0.15) is 0 Å². The van der Waals surface area contributed by atoms with Crippen LogP contribution in [-0.2, 0) is 16.1 Å². The summed E-state index contributed by atoms with van der Waals surface area (Å²) in [5.41, 5.74) is 1.60. The lowest BCUT2D eigenvalue weighted by Gasteiger charge is -2.27. The Morgan fingerprint density at radius 2 is 1.68 bits per heavy atom. The Balaban J connectivity index is 1.92. The minimum atomic E-state index is -0.910. The highest BCUT2D eigenvalue weighted by atomic mass is 16.5. The van der Waals surface area contributed by atoms with E-state index in [0.717, 1.165) is 5.56 Å². The number of Topliss-reactive ketones (excluding diaryl/α,β-unsaturated/α-hetero) is 1. The molecule has 8 heteroatoms. The highest BCUT2D eigenvalue weighted by Crippen LogP contribution is 2.44. The van der Waals surface area contributed by atoms with Gasteiger partial charge >= 0.3 is 0 Å². The van der Waals surface area contributed by atoms with Crippen LogP contribution in [0.1, 0.15) is 22.7 Å². The number of nitrogens with zero attached hydrogens (tertiary/aromatic N) is 2. The van der Waals surface area contributed by atoms with Crippen LogP contribution in [0.2, 0.25) is 0 Å². The first kappa shape index (κ1) is 22.8. The molecule has 0 spiro atoms. The van der Waals surface area contributed by atoms with E-state index >= 15 is 0 Å². The molecule has 1 aliphatic heterocycles. The highest BCUT2D eigenvalue weighted by molar-refractivity contribution is 6.46. The summed E-state index contributed by atoms with van der Waals surface area (Å²) in [4.78, 5) is 32.0. The standard InChI is InChI=1S/C26H24N2O6/c1-32-18-8-6-17(7-9-18)24(29)22-23(20-13-19(33-2)10-11-21(20)34-3)28(26(31)25(22)30)15-16-5-4-12-27-14-16/h4-14,23,29H,15H2,1-3H3/b24-22+. The van der Waals surface area contributed by atoms with Crippen LogP contribution in [0.5, 0.6) is 17.2 Å². The van der Waals surface area contributed by atoms with Gasteiger partial charge in [0.05, 0.1) is 32.9 Å². The number of pyridine rings is 1. The second kappa shape index (κ2) is 9.66. The molecule has 1 amide bonds. The lowest BCUT2D eigenvalue weighted by atomic mass is 9.94. The summed E-state index contributed by atoms with van der Waals surface area (Å²) in [6.45, 7) is 0.114. The molecule has 0 radical (unpaired) electrons. The Morgan fingerprint density at radius 1 is 0.971 bits per heavy atom. The van der Waals surface area contributed by atoms with E-state index in [1.807, 2.05) is 6.07 Å². The molecule has 1 aromatic heterocycles. The zero-order valence-electron chi connectivity index (χ0n) is 19.0. The predicted molar refractivity (Wildman–Crippen MR) is 125 cm³/mol. The number of rotatable bonds is 7. The molecular weight excluding hydrogens is 436 g/mol. The van der Waals surface area contributed by atoms with Gasteiger partial charge in [-0.25, -0.2) is 0 Å². The van der Waals surface area contributed by atoms with Crippen LogP contribution in [0.25, 0.3) is 5.76 Å². The van der Waals surface area contributed by atoms with Crippen molar-refractivity contribution in [1.29, 1.82) is 0 Å². The number of ketones is 1. The van der Waals surface area contributed by atoms with Crippen molar-refractivity contribution < 1.29 is 28.9 Å². The van der Waals surface area contributed by atoms with Crippen molar-refractivity contribution in [1.82, 2.24) is 9.88 Å². The van der Waals surface area contributed by atoms with Gasteiger partial charge in [-0.15, -0.1) is 0 Å². The molecule has 2 heterocycles. The van der Waals surface area contributed by atoms with Gasteiger partial charge in [-0.3, -0.25) is 14.6 Å². The maximum Gasteiger partial charge on any atom is 0.295 e. The van der Waals surface area contributed by atoms with Gasteiger partial charge in [0.2, 0.25) is 0 Å². The van der Waals surface area contributed by atoms with Gasteiger partial charge in [0, 0.05) is 30.1 Å². The van der Waals surface area contributed by atoms with Crippen LogP contribution in [0.4, 0.5) is 0 Å². The Labute approximate surface area is 197 Å². The minimum Gasteiger partial charge on any atom is -0.507 e. The molecule has 174 valence electrons. The lowest BCUT2D eigenvalue weighted by molar-refractivity contribution is -0.140. The molecule has 1 N–H and O–H groups in total. The first-order chi connectivity index (χ1) is 16.5. The van der Waals surface area contributed by atoms with E-state index in [2.05, 4.69) is 4.98 Å². The molecular formula is C26H24N2O6. The maximum atomic E-state index is 13.3. The molecule has 34 heavy (non-hydrogen) atoms. The fraction of sp³-hybridized carbons (Fsp3) is 0.192. The van der Waals surface area contributed by atoms with Gasteiger partial charge < -0.3 is 24.2 Å². The molecule has 1 unspecified atom stereocenters. The van der Waals surface area contributed by atoms with Gasteiger partial charge in [-0.05, 0) is 54.1 Å². The molecule has 0 aliphatic carbocycles. The Morgan fingerprint density at radius 3 is 2.29 bits per heavy atom. The Bertz CT molecular complexity index is 1240. The zero-order chi connectivity index (χ0) is 24.2. The van der Waals surface area contributed by atoms with Crippen molar-refractivity contribution in [3.05, 3.63) is 89.3 Å². The molecule has 4 rings (SSSR count). The second-order valence-electron chi connectivity index (χ2n) is 7.62. The van der Waals surface area contributed by atoms with Gasteiger partial charge in [0.25, 0.3) is 11.7 Å². The SMILES string of the molecule is COc1ccc(/C(O)=C2\C(=O)C(=O)N(Cc3cccnc3)C2c2cc(OC)ccc2OC)cc1. The van der Waals surface area contributed by atoms with Crippen molar-refractivity contribution in [3.8, 4) is 17.2 Å². The fourth-order valence-electron chi connectivity index (χ4n) is 4.01. The monoisotopic (exact) mass is 460 g/mol. The third kappa shape index (κ3) is 4.17. The van der Waals surface area contributed by atoms with Crippen LogP contribution >= 0.6 is 0 Å². The van der Waals surface area contributed by atoms with Crippen molar-refractivity contribution in [2.24, 2.45) is 0 Å². The van der Waals surface area contributed by atoms with E-state index in [0.29, 0.717) is 28.4 Å². The summed E-state index contributed by atoms with van der Waals surface area (Å²) in [6.07, 6.45) is 3.26. The van der Waals surface area contributed by atoms with Crippen molar-refractivity contribution in [3.63, 3.8) is 0 Å². The summed E-state index contributed by atoms with van der Waals surface area (Å²) in [5, 5.41) is 11.2.